The van der Waals surface area contributed by atoms with Crippen LogP contribution in [0.4, 0.5) is 10.6 Å². The highest BCUT2D eigenvalue weighted by Crippen LogP contribution is 2.36. The maximum Gasteiger partial charge on any atom is 0.511 e. The van der Waals surface area contributed by atoms with Crippen LogP contribution < -0.4 is 15.0 Å². The number of hydrogen-bond donors (Lipinski definition) is 2. The molecule has 31 heavy (non-hydrogen) atoms. The third kappa shape index (κ3) is 4.90. The Balaban J connectivity index is 1.73. The third-order valence-corrected chi connectivity index (χ3v) is 6.38. The van der Waals surface area contributed by atoms with Gasteiger partial charge in [-0.2, -0.15) is 0 Å². The zero-order chi connectivity index (χ0) is 21.8. The van der Waals surface area contributed by atoms with Crippen LogP contribution in [0.15, 0.2) is 36.5 Å². The molecule has 1 saturated heterocycles. The molecule has 1 amide bonds. The normalized spacial score (nSPS) is 22.1. The lowest BCUT2D eigenvalue weighted by Crippen LogP contribution is -2.49. The largest absolute Gasteiger partial charge is 0.511 e. The standard InChI is InChI=1S/C23H30N4O4/c1-16-7-9-17(10-8-16)22(28)27(19-11-13-24-14-12-19)21-20(31-23(29)30)15-26(25-21)18-5-3-2-4-6-18/h2-6,15-17,19,24H,7-14H2,1H3,(H,29,30)/t16-,17-. The van der Waals surface area contributed by atoms with Crippen molar-refractivity contribution in [2.75, 3.05) is 18.0 Å². The van der Waals surface area contributed by atoms with E-state index in [1.807, 2.05) is 30.3 Å². The average Bonchev–Trinajstić information content (AvgIpc) is 3.18. The van der Waals surface area contributed by atoms with Crippen LogP contribution in [0.1, 0.15) is 45.4 Å². The monoisotopic (exact) mass is 426 g/mol. The van der Waals surface area contributed by atoms with Gasteiger partial charge in [0.15, 0.2) is 5.75 Å². The number of rotatable bonds is 5. The molecule has 0 unspecified atom stereocenters. The van der Waals surface area contributed by atoms with E-state index >= 15 is 0 Å². The lowest BCUT2D eigenvalue weighted by atomic mass is 9.82. The van der Waals surface area contributed by atoms with Crippen LogP contribution >= 0.6 is 0 Å². The van der Waals surface area contributed by atoms with Crippen molar-refractivity contribution < 1.29 is 19.4 Å². The summed E-state index contributed by atoms with van der Waals surface area (Å²) in [5.74, 6) is 0.992. The molecule has 8 nitrogen and oxygen atoms in total. The van der Waals surface area contributed by atoms with Crippen molar-refractivity contribution >= 4 is 17.9 Å². The van der Waals surface area contributed by atoms with E-state index in [1.54, 1.807) is 15.8 Å². The fraction of sp³-hybridized carbons (Fsp3) is 0.522. The minimum atomic E-state index is -1.42. The number of anilines is 1. The quantitative estimate of drug-likeness (QED) is 0.705. The summed E-state index contributed by atoms with van der Waals surface area (Å²) < 4.78 is 6.68. The van der Waals surface area contributed by atoms with Crippen LogP contribution in [-0.2, 0) is 4.79 Å². The topological polar surface area (TPSA) is 96.7 Å². The molecule has 1 aromatic heterocycles. The van der Waals surface area contributed by atoms with Crippen molar-refractivity contribution in [2.45, 2.75) is 51.5 Å². The van der Waals surface area contributed by atoms with E-state index in [1.165, 1.54) is 0 Å². The molecule has 0 atom stereocenters. The average molecular weight is 427 g/mol. The van der Waals surface area contributed by atoms with E-state index in [4.69, 9.17) is 4.74 Å². The maximum atomic E-state index is 13.7. The van der Waals surface area contributed by atoms with Crippen molar-refractivity contribution in [3.8, 4) is 11.4 Å². The molecule has 1 aliphatic carbocycles. The van der Waals surface area contributed by atoms with E-state index in [0.717, 1.165) is 57.3 Å². The predicted octanol–water partition coefficient (Wildman–Crippen LogP) is 3.84. The van der Waals surface area contributed by atoms with Gasteiger partial charge in [-0.25, -0.2) is 9.48 Å². The number of hydrogen-bond acceptors (Lipinski definition) is 5. The number of carboxylic acid groups (broad SMARTS) is 1. The van der Waals surface area contributed by atoms with Crippen LogP contribution in [0.5, 0.6) is 5.75 Å². The van der Waals surface area contributed by atoms with Gasteiger partial charge < -0.3 is 15.2 Å². The highest BCUT2D eigenvalue weighted by molar-refractivity contribution is 5.96. The second-order valence-electron chi connectivity index (χ2n) is 8.61. The number of ether oxygens (including phenoxy) is 1. The van der Waals surface area contributed by atoms with Crippen LogP contribution in [0.25, 0.3) is 5.69 Å². The molecular weight excluding hydrogens is 396 g/mol. The molecule has 2 aromatic rings. The molecule has 1 saturated carbocycles. The van der Waals surface area contributed by atoms with Gasteiger partial charge >= 0.3 is 6.16 Å². The van der Waals surface area contributed by atoms with Crippen molar-refractivity contribution in [3.63, 3.8) is 0 Å². The molecule has 0 spiro atoms. The van der Waals surface area contributed by atoms with Crippen molar-refractivity contribution in [3.05, 3.63) is 36.5 Å². The Kier molecular flexibility index (Phi) is 6.56. The zero-order valence-corrected chi connectivity index (χ0v) is 17.9. The highest BCUT2D eigenvalue weighted by Gasteiger charge is 2.37. The number of amides is 1. The van der Waals surface area contributed by atoms with Gasteiger partial charge in [0.25, 0.3) is 0 Å². The molecule has 8 heteroatoms. The third-order valence-electron chi connectivity index (χ3n) is 6.38. The smallest absolute Gasteiger partial charge is 0.449 e. The Labute approximate surface area is 182 Å². The van der Waals surface area contributed by atoms with Crippen molar-refractivity contribution in [1.29, 1.82) is 0 Å². The molecule has 2 heterocycles. The minimum Gasteiger partial charge on any atom is -0.449 e. The predicted molar refractivity (Wildman–Crippen MR) is 117 cm³/mol. The molecule has 166 valence electrons. The van der Waals surface area contributed by atoms with Crippen LogP contribution in [-0.4, -0.2) is 46.1 Å². The van der Waals surface area contributed by atoms with Gasteiger partial charge in [-0.15, -0.1) is 5.10 Å². The summed E-state index contributed by atoms with van der Waals surface area (Å²) in [7, 11) is 0. The summed E-state index contributed by atoms with van der Waals surface area (Å²) in [6.07, 6.45) is 5.49. The van der Waals surface area contributed by atoms with Crippen LogP contribution in [0.2, 0.25) is 0 Å². The number of nitrogens with zero attached hydrogens (tertiary/aromatic N) is 3. The summed E-state index contributed by atoms with van der Waals surface area (Å²) in [6.45, 7) is 3.85. The summed E-state index contributed by atoms with van der Waals surface area (Å²) in [5, 5.41) is 17.3. The zero-order valence-electron chi connectivity index (χ0n) is 17.9. The number of carbonyl (C=O) groups is 2. The summed E-state index contributed by atoms with van der Waals surface area (Å²) in [5.41, 5.74) is 0.771. The number of nitrogens with one attached hydrogen (secondary N) is 1. The van der Waals surface area contributed by atoms with E-state index in [0.29, 0.717) is 11.7 Å². The number of piperidine rings is 1. The summed E-state index contributed by atoms with van der Waals surface area (Å²) in [6, 6.07) is 9.38. The first-order valence-electron chi connectivity index (χ1n) is 11.1. The molecule has 1 aromatic carbocycles. The van der Waals surface area contributed by atoms with E-state index in [9.17, 15) is 14.7 Å². The lowest BCUT2D eigenvalue weighted by molar-refractivity contribution is -0.124. The number of aromatic nitrogens is 2. The van der Waals surface area contributed by atoms with Gasteiger partial charge in [0.2, 0.25) is 11.7 Å². The Morgan fingerprint density at radius 2 is 1.77 bits per heavy atom. The lowest BCUT2D eigenvalue weighted by Gasteiger charge is -2.37. The Bertz CT molecular complexity index is 900. The molecule has 1 aliphatic heterocycles. The number of benzene rings is 1. The minimum absolute atomic E-state index is 0.0346. The molecule has 0 bridgehead atoms. The van der Waals surface area contributed by atoms with Crippen LogP contribution in [0, 0.1) is 11.8 Å². The molecule has 4 rings (SSSR count). The van der Waals surface area contributed by atoms with Gasteiger partial charge in [-0.3, -0.25) is 9.69 Å². The first kappa shape index (κ1) is 21.4. The molecule has 2 aliphatic rings. The first-order valence-corrected chi connectivity index (χ1v) is 11.1. The fourth-order valence-corrected chi connectivity index (χ4v) is 4.62. The molecule has 2 N–H and O–H groups in total. The van der Waals surface area contributed by atoms with Gasteiger partial charge in [0.05, 0.1) is 11.9 Å². The molecule has 0 radical (unpaired) electrons. The van der Waals surface area contributed by atoms with Crippen LogP contribution in [0.3, 0.4) is 0 Å². The Hall–Kier alpha value is -2.87. The summed E-state index contributed by atoms with van der Waals surface area (Å²) >= 11 is 0. The van der Waals surface area contributed by atoms with E-state index < -0.39 is 6.16 Å². The van der Waals surface area contributed by atoms with Crippen molar-refractivity contribution in [2.24, 2.45) is 11.8 Å². The van der Waals surface area contributed by atoms with E-state index in [2.05, 4.69) is 17.3 Å². The van der Waals surface area contributed by atoms with Gasteiger partial charge in [-0.05, 0) is 69.7 Å². The Morgan fingerprint density at radius 3 is 2.42 bits per heavy atom. The SMILES string of the molecule is C[C@H]1CC[C@H](C(=O)N(c2nn(-c3ccccc3)cc2OC(=O)O)C2CCNCC2)CC1. The Morgan fingerprint density at radius 1 is 1.10 bits per heavy atom. The molecular formula is C23H30N4O4. The first-order chi connectivity index (χ1) is 15.0. The van der Waals surface area contributed by atoms with Gasteiger partial charge in [0, 0.05) is 12.0 Å². The highest BCUT2D eigenvalue weighted by atomic mass is 16.7. The maximum absolute atomic E-state index is 13.7. The van der Waals surface area contributed by atoms with E-state index in [-0.39, 0.29) is 23.6 Å². The van der Waals surface area contributed by atoms with Gasteiger partial charge in [0.1, 0.15) is 0 Å². The van der Waals surface area contributed by atoms with Gasteiger partial charge in [-0.1, -0.05) is 25.1 Å². The fourth-order valence-electron chi connectivity index (χ4n) is 4.62. The summed E-state index contributed by atoms with van der Waals surface area (Å²) in [4.78, 5) is 26.9. The molecule has 2 fully saturated rings. The number of para-hydroxylation sites is 1. The second-order valence-corrected chi connectivity index (χ2v) is 8.61. The number of carbonyl (C=O) groups excluding carboxylic acids is 1. The second kappa shape index (κ2) is 9.51. The van der Waals surface area contributed by atoms with Crippen molar-refractivity contribution in [1.82, 2.24) is 15.1 Å².